The van der Waals surface area contributed by atoms with Crippen LogP contribution in [0, 0.1) is 5.92 Å². The van der Waals surface area contributed by atoms with E-state index in [4.69, 9.17) is 5.73 Å². The SMILES string of the molecule is CCC(N)(CC)CN1CCC(C)CC1C. The molecule has 0 radical (unpaired) electrons. The molecule has 0 saturated carbocycles. The monoisotopic (exact) mass is 212 g/mol. The minimum absolute atomic E-state index is 0.0365. The van der Waals surface area contributed by atoms with Crippen molar-refractivity contribution in [1.29, 1.82) is 0 Å². The molecule has 90 valence electrons. The molecule has 1 rings (SSSR count). The van der Waals surface area contributed by atoms with E-state index in [0.29, 0.717) is 0 Å². The van der Waals surface area contributed by atoms with E-state index in [0.717, 1.165) is 31.3 Å². The molecule has 2 unspecified atom stereocenters. The second kappa shape index (κ2) is 5.31. The molecule has 2 nitrogen and oxygen atoms in total. The summed E-state index contributed by atoms with van der Waals surface area (Å²) in [5.74, 6) is 0.895. The van der Waals surface area contributed by atoms with Gasteiger partial charge in [0.05, 0.1) is 0 Å². The summed E-state index contributed by atoms with van der Waals surface area (Å²) in [5.41, 5.74) is 6.42. The first kappa shape index (κ1) is 13.0. The van der Waals surface area contributed by atoms with Crippen LogP contribution < -0.4 is 5.73 Å². The number of likely N-dealkylation sites (tertiary alicyclic amines) is 1. The summed E-state index contributed by atoms with van der Waals surface area (Å²) in [4.78, 5) is 2.59. The molecule has 0 bridgehead atoms. The van der Waals surface area contributed by atoms with Crippen LogP contribution in [0.1, 0.15) is 53.4 Å². The summed E-state index contributed by atoms with van der Waals surface area (Å²) in [5, 5.41) is 0. The highest BCUT2D eigenvalue weighted by Crippen LogP contribution is 2.24. The first-order chi connectivity index (χ1) is 7.00. The third kappa shape index (κ3) is 3.46. The molecule has 15 heavy (non-hydrogen) atoms. The fraction of sp³-hybridized carbons (Fsp3) is 1.00. The Hall–Kier alpha value is -0.0800. The van der Waals surface area contributed by atoms with Crippen LogP contribution in [0.2, 0.25) is 0 Å². The largest absolute Gasteiger partial charge is 0.324 e. The van der Waals surface area contributed by atoms with Gasteiger partial charge in [-0.1, -0.05) is 20.8 Å². The third-order valence-electron chi connectivity index (χ3n) is 4.20. The summed E-state index contributed by atoms with van der Waals surface area (Å²) in [7, 11) is 0. The molecule has 0 aromatic carbocycles. The smallest absolute Gasteiger partial charge is 0.0278 e. The summed E-state index contributed by atoms with van der Waals surface area (Å²) in [6.07, 6.45) is 4.85. The highest BCUT2D eigenvalue weighted by Gasteiger charge is 2.29. The van der Waals surface area contributed by atoms with Gasteiger partial charge in [0.2, 0.25) is 0 Å². The lowest BCUT2D eigenvalue weighted by Gasteiger charge is -2.41. The number of nitrogens with two attached hydrogens (primary N) is 1. The van der Waals surface area contributed by atoms with Gasteiger partial charge >= 0.3 is 0 Å². The Kier molecular flexibility index (Phi) is 4.60. The highest BCUT2D eigenvalue weighted by atomic mass is 15.2. The van der Waals surface area contributed by atoms with Crippen molar-refractivity contribution in [1.82, 2.24) is 4.90 Å². The predicted molar refractivity (Wildman–Crippen MR) is 66.9 cm³/mol. The summed E-state index contributed by atoms with van der Waals surface area (Å²) in [6.45, 7) is 11.4. The lowest BCUT2D eigenvalue weighted by atomic mass is 9.88. The van der Waals surface area contributed by atoms with E-state index in [1.54, 1.807) is 0 Å². The van der Waals surface area contributed by atoms with Crippen molar-refractivity contribution in [3.8, 4) is 0 Å². The van der Waals surface area contributed by atoms with Crippen LogP contribution >= 0.6 is 0 Å². The van der Waals surface area contributed by atoms with Gasteiger partial charge in [-0.2, -0.15) is 0 Å². The summed E-state index contributed by atoms with van der Waals surface area (Å²) in [6, 6.07) is 0.717. The zero-order valence-electron chi connectivity index (χ0n) is 10.9. The van der Waals surface area contributed by atoms with Gasteiger partial charge in [-0.15, -0.1) is 0 Å². The van der Waals surface area contributed by atoms with Crippen molar-refractivity contribution in [3.05, 3.63) is 0 Å². The minimum Gasteiger partial charge on any atom is -0.324 e. The maximum Gasteiger partial charge on any atom is 0.0278 e. The molecule has 0 aliphatic carbocycles. The van der Waals surface area contributed by atoms with Gasteiger partial charge in [0.15, 0.2) is 0 Å². The molecule has 0 aromatic heterocycles. The number of hydrogen-bond donors (Lipinski definition) is 1. The second-order valence-corrected chi connectivity index (χ2v) is 5.52. The predicted octanol–water partition coefficient (Wildman–Crippen LogP) is 2.62. The fourth-order valence-electron chi connectivity index (χ4n) is 2.57. The first-order valence-corrected chi connectivity index (χ1v) is 6.53. The number of hydrogen-bond acceptors (Lipinski definition) is 2. The number of nitrogens with zero attached hydrogens (tertiary/aromatic N) is 1. The Morgan fingerprint density at radius 3 is 2.33 bits per heavy atom. The van der Waals surface area contributed by atoms with Gasteiger partial charge in [0.25, 0.3) is 0 Å². The average molecular weight is 212 g/mol. The van der Waals surface area contributed by atoms with Gasteiger partial charge in [-0.3, -0.25) is 4.90 Å². The van der Waals surface area contributed by atoms with Gasteiger partial charge in [-0.25, -0.2) is 0 Å². The van der Waals surface area contributed by atoms with Crippen LogP contribution in [0.25, 0.3) is 0 Å². The zero-order valence-corrected chi connectivity index (χ0v) is 10.9. The van der Waals surface area contributed by atoms with Crippen LogP contribution in [-0.2, 0) is 0 Å². The number of piperidine rings is 1. The van der Waals surface area contributed by atoms with E-state index < -0.39 is 0 Å². The molecule has 2 heteroatoms. The normalized spacial score (nSPS) is 29.4. The van der Waals surface area contributed by atoms with Crippen molar-refractivity contribution in [2.75, 3.05) is 13.1 Å². The molecule has 1 heterocycles. The third-order valence-corrected chi connectivity index (χ3v) is 4.20. The van der Waals surface area contributed by atoms with Crippen LogP contribution in [-0.4, -0.2) is 29.6 Å². The molecule has 1 aliphatic rings. The zero-order chi connectivity index (χ0) is 11.5. The quantitative estimate of drug-likeness (QED) is 0.776. The molecule has 0 amide bonds. The molecule has 2 N–H and O–H groups in total. The second-order valence-electron chi connectivity index (χ2n) is 5.52. The Morgan fingerprint density at radius 2 is 1.87 bits per heavy atom. The number of rotatable bonds is 4. The van der Waals surface area contributed by atoms with E-state index in [-0.39, 0.29) is 5.54 Å². The first-order valence-electron chi connectivity index (χ1n) is 6.53. The van der Waals surface area contributed by atoms with Gasteiger partial charge in [0, 0.05) is 18.1 Å². The van der Waals surface area contributed by atoms with Crippen LogP contribution in [0.15, 0.2) is 0 Å². The van der Waals surface area contributed by atoms with Crippen LogP contribution in [0.3, 0.4) is 0 Å². The lowest BCUT2D eigenvalue weighted by Crippen LogP contribution is -2.53. The van der Waals surface area contributed by atoms with E-state index >= 15 is 0 Å². The molecule has 0 spiro atoms. The van der Waals surface area contributed by atoms with Crippen LogP contribution in [0.4, 0.5) is 0 Å². The van der Waals surface area contributed by atoms with E-state index in [9.17, 15) is 0 Å². The molecule has 1 fully saturated rings. The molecular formula is C13H28N2. The van der Waals surface area contributed by atoms with E-state index in [1.807, 2.05) is 0 Å². The Bertz CT molecular complexity index is 187. The van der Waals surface area contributed by atoms with Gasteiger partial charge in [-0.05, 0) is 45.1 Å². The fourth-order valence-corrected chi connectivity index (χ4v) is 2.57. The molecule has 1 aliphatic heterocycles. The van der Waals surface area contributed by atoms with Crippen molar-refractivity contribution in [3.63, 3.8) is 0 Å². The summed E-state index contributed by atoms with van der Waals surface area (Å²) >= 11 is 0. The average Bonchev–Trinajstić information content (AvgIpc) is 2.22. The van der Waals surface area contributed by atoms with Crippen molar-refractivity contribution in [2.45, 2.75) is 65.0 Å². The van der Waals surface area contributed by atoms with Crippen molar-refractivity contribution >= 4 is 0 Å². The maximum atomic E-state index is 6.38. The Labute approximate surface area is 95.2 Å². The Balaban J connectivity index is 2.50. The molecule has 2 atom stereocenters. The summed E-state index contributed by atoms with van der Waals surface area (Å²) < 4.78 is 0. The highest BCUT2D eigenvalue weighted by molar-refractivity contribution is 4.88. The van der Waals surface area contributed by atoms with Gasteiger partial charge in [0.1, 0.15) is 0 Å². The molecular weight excluding hydrogens is 184 g/mol. The lowest BCUT2D eigenvalue weighted by molar-refractivity contribution is 0.0971. The van der Waals surface area contributed by atoms with Crippen LogP contribution in [0.5, 0.6) is 0 Å². The van der Waals surface area contributed by atoms with Gasteiger partial charge < -0.3 is 5.73 Å². The molecule has 1 saturated heterocycles. The Morgan fingerprint density at radius 1 is 1.27 bits per heavy atom. The van der Waals surface area contributed by atoms with Crippen molar-refractivity contribution < 1.29 is 0 Å². The van der Waals surface area contributed by atoms with Crippen molar-refractivity contribution in [2.24, 2.45) is 11.7 Å². The maximum absolute atomic E-state index is 6.38. The topological polar surface area (TPSA) is 29.3 Å². The van der Waals surface area contributed by atoms with E-state index in [1.165, 1.54) is 19.4 Å². The standard InChI is InChI=1S/C13H28N2/c1-5-13(14,6-2)10-15-8-7-11(3)9-12(15)4/h11-12H,5-10,14H2,1-4H3. The minimum atomic E-state index is 0.0365. The molecule has 0 aromatic rings. The van der Waals surface area contributed by atoms with E-state index in [2.05, 4.69) is 32.6 Å².